The molecule has 2 heterocycles. The quantitative estimate of drug-likeness (QED) is 0.596. The van der Waals surface area contributed by atoms with Crippen LogP contribution in [0.15, 0.2) is 57.9 Å². The molecule has 7 nitrogen and oxygen atoms in total. The van der Waals surface area contributed by atoms with E-state index in [0.29, 0.717) is 29.2 Å². The van der Waals surface area contributed by atoms with Crippen molar-refractivity contribution in [2.24, 2.45) is 0 Å². The van der Waals surface area contributed by atoms with Gasteiger partial charge in [0.05, 0.1) is 17.1 Å². The van der Waals surface area contributed by atoms with Crippen molar-refractivity contribution in [1.29, 1.82) is 0 Å². The van der Waals surface area contributed by atoms with Crippen molar-refractivity contribution in [3.05, 3.63) is 59.8 Å². The summed E-state index contributed by atoms with van der Waals surface area (Å²) in [5.74, 6) is 1.83. The maximum atomic E-state index is 13.4. The second-order valence-electron chi connectivity index (χ2n) is 7.29. The number of benzene rings is 2. The fraction of sp³-hybridized carbons (Fsp3) is 0.318. The van der Waals surface area contributed by atoms with Crippen molar-refractivity contribution >= 4 is 10.0 Å². The van der Waals surface area contributed by atoms with Crippen molar-refractivity contribution in [2.45, 2.75) is 31.3 Å². The zero-order chi connectivity index (χ0) is 21.3. The first-order chi connectivity index (χ1) is 14.4. The molecule has 0 bridgehead atoms. The Morgan fingerprint density at radius 1 is 1.13 bits per heavy atom. The first-order valence-electron chi connectivity index (χ1n) is 9.80. The molecule has 0 saturated heterocycles. The van der Waals surface area contributed by atoms with Gasteiger partial charge in [-0.1, -0.05) is 36.3 Å². The molecular weight excluding hydrogens is 404 g/mol. The summed E-state index contributed by atoms with van der Waals surface area (Å²) in [6.45, 7) is 4.21. The highest BCUT2D eigenvalue weighted by Crippen LogP contribution is 2.32. The number of likely N-dealkylation sites (N-methyl/N-ethyl adjacent to an activating group) is 1. The van der Waals surface area contributed by atoms with Gasteiger partial charge in [-0.3, -0.25) is 0 Å². The summed E-state index contributed by atoms with van der Waals surface area (Å²) >= 11 is 0. The monoisotopic (exact) mass is 428 g/mol. The summed E-state index contributed by atoms with van der Waals surface area (Å²) in [4.78, 5) is 0.260. The molecule has 0 fully saturated rings. The predicted octanol–water partition coefficient (Wildman–Crippen LogP) is 3.67. The van der Waals surface area contributed by atoms with Crippen LogP contribution in [0, 0.1) is 6.92 Å². The Bertz CT molecular complexity index is 1160. The molecule has 3 aromatic rings. The minimum Gasteiger partial charge on any atom is -0.486 e. The third-order valence-corrected chi connectivity index (χ3v) is 6.98. The van der Waals surface area contributed by atoms with Crippen molar-refractivity contribution in [1.82, 2.24) is 9.46 Å². The van der Waals surface area contributed by atoms with E-state index in [0.717, 1.165) is 11.3 Å². The molecule has 30 heavy (non-hydrogen) atoms. The number of ether oxygens (including phenoxy) is 2. The SMILES string of the molecule is CCc1ccc(-c2cc(C)no2)cc1S(=O)(=O)N(C)C[C@H]1COc2ccccc2O1. The fourth-order valence-electron chi connectivity index (χ4n) is 3.45. The van der Waals surface area contributed by atoms with Gasteiger partial charge in [0.15, 0.2) is 17.3 Å². The van der Waals surface area contributed by atoms with Crippen molar-refractivity contribution in [2.75, 3.05) is 20.2 Å². The van der Waals surface area contributed by atoms with Gasteiger partial charge in [0, 0.05) is 18.7 Å². The van der Waals surface area contributed by atoms with E-state index >= 15 is 0 Å². The maximum absolute atomic E-state index is 13.4. The molecule has 0 saturated carbocycles. The van der Waals surface area contributed by atoms with Crippen LogP contribution in [0.1, 0.15) is 18.2 Å². The van der Waals surface area contributed by atoms with E-state index in [2.05, 4.69) is 5.16 Å². The number of hydrogen-bond donors (Lipinski definition) is 0. The summed E-state index contributed by atoms with van der Waals surface area (Å²) in [6, 6.07) is 14.5. The molecule has 0 spiro atoms. The van der Waals surface area contributed by atoms with Gasteiger partial charge in [0.2, 0.25) is 10.0 Å². The topological polar surface area (TPSA) is 81.9 Å². The van der Waals surface area contributed by atoms with Crippen LogP contribution < -0.4 is 9.47 Å². The Hall–Kier alpha value is -2.84. The number of sulfonamides is 1. The highest BCUT2D eigenvalue weighted by Gasteiger charge is 2.29. The zero-order valence-corrected chi connectivity index (χ0v) is 18.0. The van der Waals surface area contributed by atoms with E-state index in [1.807, 2.05) is 50.2 Å². The normalized spacial score (nSPS) is 16.1. The predicted molar refractivity (Wildman–Crippen MR) is 112 cm³/mol. The van der Waals surface area contributed by atoms with Crippen molar-refractivity contribution in [3.8, 4) is 22.8 Å². The Morgan fingerprint density at radius 3 is 2.60 bits per heavy atom. The molecule has 158 valence electrons. The van der Waals surface area contributed by atoms with Gasteiger partial charge < -0.3 is 14.0 Å². The van der Waals surface area contributed by atoms with Crippen LogP contribution in [0.5, 0.6) is 11.5 Å². The van der Waals surface area contributed by atoms with Gasteiger partial charge in [-0.05, 0) is 37.1 Å². The van der Waals surface area contributed by atoms with Crippen LogP contribution in [-0.2, 0) is 16.4 Å². The van der Waals surface area contributed by atoms with Gasteiger partial charge in [-0.2, -0.15) is 4.31 Å². The van der Waals surface area contributed by atoms with Crippen molar-refractivity contribution in [3.63, 3.8) is 0 Å². The molecular formula is C22H24N2O5S. The molecule has 0 radical (unpaired) electrons. The summed E-state index contributed by atoms with van der Waals surface area (Å²) < 4.78 is 45.1. The lowest BCUT2D eigenvalue weighted by Gasteiger charge is -2.29. The highest BCUT2D eigenvalue weighted by atomic mass is 32.2. The smallest absolute Gasteiger partial charge is 0.243 e. The standard InChI is InChI=1S/C22H24N2O5S/c1-4-16-9-10-17(21-11-15(2)23-29-21)12-22(16)30(25,26)24(3)13-18-14-27-19-7-5-6-8-20(19)28-18/h5-12,18H,4,13-14H2,1-3H3/t18-/m0/s1. The second kappa shape index (κ2) is 8.12. The Morgan fingerprint density at radius 2 is 1.90 bits per heavy atom. The molecule has 1 atom stereocenters. The molecule has 2 aromatic carbocycles. The second-order valence-corrected chi connectivity index (χ2v) is 9.31. The van der Waals surface area contributed by atoms with Crippen LogP contribution in [0.25, 0.3) is 11.3 Å². The number of aryl methyl sites for hydroxylation is 2. The van der Waals surface area contributed by atoms with Crippen LogP contribution in [-0.4, -0.2) is 44.2 Å². The van der Waals surface area contributed by atoms with E-state index in [1.165, 1.54) is 4.31 Å². The van der Waals surface area contributed by atoms with E-state index in [9.17, 15) is 8.42 Å². The number of para-hydroxylation sites is 2. The van der Waals surface area contributed by atoms with Crippen LogP contribution in [0.2, 0.25) is 0 Å². The molecule has 1 aromatic heterocycles. The fourth-order valence-corrected chi connectivity index (χ4v) is 4.96. The van der Waals surface area contributed by atoms with Gasteiger partial charge in [-0.15, -0.1) is 0 Å². The molecule has 0 aliphatic carbocycles. The molecule has 1 aliphatic rings. The van der Waals surface area contributed by atoms with Crippen LogP contribution in [0.3, 0.4) is 0 Å². The lowest BCUT2D eigenvalue weighted by Crippen LogP contribution is -2.41. The van der Waals surface area contributed by atoms with Gasteiger partial charge >= 0.3 is 0 Å². The van der Waals surface area contributed by atoms with Crippen LogP contribution >= 0.6 is 0 Å². The van der Waals surface area contributed by atoms with E-state index in [4.69, 9.17) is 14.0 Å². The molecule has 0 N–H and O–H groups in total. The van der Waals surface area contributed by atoms with Gasteiger partial charge in [0.1, 0.15) is 12.7 Å². The lowest BCUT2D eigenvalue weighted by atomic mass is 10.1. The molecule has 4 rings (SSSR count). The summed E-state index contributed by atoms with van der Waals surface area (Å²) in [6.07, 6.45) is 0.194. The number of nitrogens with zero attached hydrogens (tertiary/aromatic N) is 2. The first-order valence-corrected chi connectivity index (χ1v) is 11.2. The third-order valence-electron chi connectivity index (χ3n) is 5.08. The molecule has 8 heteroatoms. The van der Waals surface area contributed by atoms with Gasteiger partial charge in [0.25, 0.3) is 0 Å². The summed E-state index contributed by atoms with van der Waals surface area (Å²) in [5.41, 5.74) is 2.15. The zero-order valence-electron chi connectivity index (χ0n) is 17.2. The number of rotatable bonds is 6. The first kappa shape index (κ1) is 20.4. The number of hydrogen-bond acceptors (Lipinski definition) is 6. The lowest BCUT2D eigenvalue weighted by molar-refractivity contribution is 0.0798. The summed E-state index contributed by atoms with van der Waals surface area (Å²) in [7, 11) is -2.19. The Kier molecular flexibility index (Phi) is 5.53. The van der Waals surface area contributed by atoms with Gasteiger partial charge in [-0.25, -0.2) is 8.42 Å². The number of fused-ring (bicyclic) bond motifs is 1. The summed E-state index contributed by atoms with van der Waals surface area (Å²) in [5, 5.41) is 3.89. The molecule has 1 aliphatic heterocycles. The largest absolute Gasteiger partial charge is 0.486 e. The minimum absolute atomic E-state index is 0.172. The van der Waals surface area contributed by atoms with Crippen LogP contribution in [0.4, 0.5) is 0 Å². The average molecular weight is 429 g/mol. The third kappa shape index (κ3) is 3.93. The maximum Gasteiger partial charge on any atom is 0.243 e. The average Bonchev–Trinajstić information content (AvgIpc) is 3.19. The molecule has 0 amide bonds. The highest BCUT2D eigenvalue weighted by molar-refractivity contribution is 7.89. The molecule has 0 unspecified atom stereocenters. The van der Waals surface area contributed by atoms with E-state index < -0.39 is 16.1 Å². The number of aromatic nitrogens is 1. The minimum atomic E-state index is -3.75. The van der Waals surface area contributed by atoms with Crippen molar-refractivity contribution < 1.29 is 22.4 Å². The van der Waals surface area contributed by atoms with E-state index in [-0.39, 0.29) is 18.0 Å². The Labute approximate surface area is 176 Å². The van der Waals surface area contributed by atoms with E-state index in [1.54, 1.807) is 19.2 Å². The Balaban J connectivity index is 1.59.